The van der Waals surface area contributed by atoms with E-state index in [2.05, 4.69) is 15.9 Å². The number of ether oxygens (including phenoxy) is 1. The second-order valence-corrected chi connectivity index (χ2v) is 5.60. The standard InChI is InChI=1S/C17H13BrO2/c18-15-10-8-14(9-11-15)17(12-4-7-16(19)20-17)13-5-2-1-3-6-13/h1-6,8-12H,7H2. The van der Waals surface area contributed by atoms with E-state index in [0.29, 0.717) is 6.42 Å². The molecule has 100 valence electrons. The summed E-state index contributed by atoms with van der Waals surface area (Å²) in [6.07, 6.45) is 4.17. The van der Waals surface area contributed by atoms with Gasteiger partial charge in [0.25, 0.3) is 0 Å². The van der Waals surface area contributed by atoms with Gasteiger partial charge in [0.05, 0.1) is 6.42 Å². The molecule has 0 aromatic heterocycles. The summed E-state index contributed by atoms with van der Waals surface area (Å²) < 4.78 is 6.74. The Labute approximate surface area is 126 Å². The largest absolute Gasteiger partial charge is 0.445 e. The van der Waals surface area contributed by atoms with Crippen molar-refractivity contribution in [3.8, 4) is 0 Å². The lowest BCUT2D eigenvalue weighted by molar-refractivity contribution is -0.153. The Morgan fingerprint density at radius 1 is 0.950 bits per heavy atom. The van der Waals surface area contributed by atoms with Crippen molar-refractivity contribution in [2.24, 2.45) is 0 Å². The highest BCUT2D eigenvalue weighted by atomic mass is 79.9. The van der Waals surface area contributed by atoms with Gasteiger partial charge in [-0.15, -0.1) is 0 Å². The van der Waals surface area contributed by atoms with Crippen LogP contribution >= 0.6 is 15.9 Å². The first-order valence-corrected chi connectivity index (χ1v) is 7.21. The molecule has 20 heavy (non-hydrogen) atoms. The number of cyclic esters (lactones) is 1. The van der Waals surface area contributed by atoms with E-state index < -0.39 is 5.60 Å². The normalized spacial score (nSPS) is 21.6. The van der Waals surface area contributed by atoms with E-state index in [1.54, 1.807) is 0 Å². The molecule has 1 unspecified atom stereocenters. The highest BCUT2D eigenvalue weighted by Crippen LogP contribution is 2.38. The van der Waals surface area contributed by atoms with Gasteiger partial charge in [0, 0.05) is 15.6 Å². The van der Waals surface area contributed by atoms with Gasteiger partial charge in [-0.3, -0.25) is 4.79 Å². The van der Waals surface area contributed by atoms with Crippen LogP contribution in [0.2, 0.25) is 0 Å². The van der Waals surface area contributed by atoms with Crippen molar-refractivity contribution >= 4 is 21.9 Å². The number of hydrogen-bond donors (Lipinski definition) is 0. The van der Waals surface area contributed by atoms with Crippen molar-refractivity contribution < 1.29 is 9.53 Å². The van der Waals surface area contributed by atoms with Crippen LogP contribution in [-0.2, 0) is 15.1 Å². The first-order valence-electron chi connectivity index (χ1n) is 6.42. The van der Waals surface area contributed by atoms with Crippen LogP contribution in [-0.4, -0.2) is 5.97 Å². The van der Waals surface area contributed by atoms with E-state index in [1.807, 2.05) is 66.7 Å². The predicted octanol–water partition coefficient (Wildman–Crippen LogP) is 4.20. The van der Waals surface area contributed by atoms with Gasteiger partial charge in [0.2, 0.25) is 0 Å². The van der Waals surface area contributed by atoms with Crippen molar-refractivity contribution in [2.75, 3.05) is 0 Å². The molecule has 0 spiro atoms. The zero-order valence-electron chi connectivity index (χ0n) is 10.8. The number of esters is 1. The molecule has 0 saturated carbocycles. The van der Waals surface area contributed by atoms with Gasteiger partial charge >= 0.3 is 5.97 Å². The molecule has 0 fully saturated rings. The maximum Gasteiger partial charge on any atom is 0.311 e. The average molecular weight is 329 g/mol. The summed E-state index contributed by atoms with van der Waals surface area (Å²) in [4.78, 5) is 11.8. The van der Waals surface area contributed by atoms with Crippen molar-refractivity contribution in [1.82, 2.24) is 0 Å². The molecule has 1 atom stereocenters. The zero-order valence-corrected chi connectivity index (χ0v) is 12.3. The summed E-state index contributed by atoms with van der Waals surface area (Å²) in [7, 11) is 0. The van der Waals surface area contributed by atoms with Gasteiger partial charge in [0.15, 0.2) is 5.60 Å². The third kappa shape index (κ3) is 2.29. The van der Waals surface area contributed by atoms with E-state index >= 15 is 0 Å². The van der Waals surface area contributed by atoms with Crippen LogP contribution < -0.4 is 0 Å². The molecule has 3 heteroatoms. The Morgan fingerprint density at radius 3 is 2.25 bits per heavy atom. The fraction of sp³-hybridized carbons (Fsp3) is 0.118. The van der Waals surface area contributed by atoms with Gasteiger partial charge in [0.1, 0.15) is 0 Å². The minimum Gasteiger partial charge on any atom is -0.445 e. The third-order valence-corrected chi connectivity index (χ3v) is 3.92. The van der Waals surface area contributed by atoms with E-state index in [1.165, 1.54) is 0 Å². The fourth-order valence-corrected chi connectivity index (χ4v) is 2.70. The molecule has 2 aromatic rings. The Balaban J connectivity index is 2.18. The van der Waals surface area contributed by atoms with Gasteiger partial charge in [-0.25, -0.2) is 0 Å². The molecule has 2 nitrogen and oxygen atoms in total. The summed E-state index contributed by atoms with van der Waals surface area (Å²) in [6, 6.07) is 17.7. The lowest BCUT2D eigenvalue weighted by atomic mass is 9.84. The van der Waals surface area contributed by atoms with E-state index in [9.17, 15) is 4.79 Å². The highest BCUT2D eigenvalue weighted by molar-refractivity contribution is 9.10. The molecule has 0 saturated heterocycles. The molecule has 0 N–H and O–H groups in total. The Kier molecular flexibility index (Phi) is 3.45. The van der Waals surface area contributed by atoms with Crippen LogP contribution in [0.5, 0.6) is 0 Å². The number of halogens is 1. The Morgan fingerprint density at radius 2 is 1.60 bits per heavy atom. The predicted molar refractivity (Wildman–Crippen MR) is 81.2 cm³/mol. The van der Waals surface area contributed by atoms with Crippen LogP contribution in [0.25, 0.3) is 0 Å². The molecule has 2 aromatic carbocycles. The highest BCUT2D eigenvalue weighted by Gasteiger charge is 2.37. The van der Waals surface area contributed by atoms with Crippen LogP contribution in [0.3, 0.4) is 0 Å². The summed E-state index contributed by atoms with van der Waals surface area (Å²) in [5, 5.41) is 0. The van der Waals surface area contributed by atoms with E-state index in [-0.39, 0.29) is 5.97 Å². The first-order chi connectivity index (χ1) is 9.71. The first kappa shape index (κ1) is 13.1. The Bertz CT molecular complexity index is 646. The molecule has 1 aliphatic heterocycles. The minimum atomic E-state index is -0.822. The molecule has 0 bridgehead atoms. The van der Waals surface area contributed by atoms with Crippen molar-refractivity contribution in [3.63, 3.8) is 0 Å². The smallest absolute Gasteiger partial charge is 0.311 e. The summed E-state index contributed by atoms with van der Waals surface area (Å²) >= 11 is 3.43. The van der Waals surface area contributed by atoms with Crippen LogP contribution in [0.15, 0.2) is 71.2 Å². The molecule has 1 aliphatic rings. The number of carbonyl (C=O) groups excluding carboxylic acids is 1. The molecule has 1 heterocycles. The van der Waals surface area contributed by atoms with Crippen molar-refractivity contribution in [2.45, 2.75) is 12.0 Å². The SMILES string of the molecule is O=C1CC=CC(c2ccccc2)(c2ccc(Br)cc2)O1. The number of hydrogen-bond acceptors (Lipinski definition) is 2. The fourth-order valence-electron chi connectivity index (χ4n) is 2.44. The van der Waals surface area contributed by atoms with Crippen molar-refractivity contribution in [3.05, 3.63) is 82.3 Å². The van der Waals surface area contributed by atoms with Crippen LogP contribution in [0.1, 0.15) is 17.5 Å². The summed E-state index contributed by atoms with van der Waals surface area (Å²) in [6.45, 7) is 0. The summed E-state index contributed by atoms with van der Waals surface area (Å²) in [5.41, 5.74) is 1.07. The molecule has 3 rings (SSSR count). The number of rotatable bonds is 2. The summed E-state index contributed by atoms with van der Waals surface area (Å²) in [5.74, 6) is -0.209. The lowest BCUT2D eigenvalue weighted by Gasteiger charge is -2.34. The third-order valence-electron chi connectivity index (χ3n) is 3.39. The van der Waals surface area contributed by atoms with Crippen LogP contribution in [0.4, 0.5) is 0 Å². The van der Waals surface area contributed by atoms with E-state index in [0.717, 1.165) is 15.6 Å². The second-order valence-electron chi connectivity index (χ2n) is 4.69. The number of benzene rings is 2. The van der Waals surface area contributed by atoms with Gasteiger partial charge in [-0.1, -0.05) is 64.5 Å². The quantitative estimate of drug-likeness (QED) is 0.610. The molecular formula is C17H13BrO2. The topological polar surface area (TPSA) is 26.3 Å². The van der Waals surface area contributed by atoms with Gasteiger partial charge in [-0.2, -0.15) is 0 Å². The van der Waals surface area contributed by atoms with Crippen LogP contribution in [0, 0.1) is 0 Å². The molecular weight excluding hydrogens is 316 g/mol. The lowest BCUT2D eigenvalue weighted by Crippen LogP contribution is -2.34. The average Bonchev–Trinajstić information content (AvgIpc) is 2.49. The maximum absolute atomic E-state index is 11.8. The molecule has 0 amide bonds. The second kappa shape index (κ2) is 5.25. The van der Waals surface area contributed by atoms with Gasteiger partial charge in [-0.05, 0) is 18.2 Å². The number of carbonyl (C=O) groups is 1. The van der Waals surface area contributed by atoms with E-state index in [4.69, 9.17) is 4.74 Å². The van der Waals surface area contributed by atoms with Crippen molar-refractivity contribution in [1.29, 1.82) is 0 Å². The zero-order chi connectivity index (χ0) is 14.0. The monoisotopic (exact) mass is 328 g/mol. The maximum atomic E-state index is 11.8. The minimum absolute atomic E-state index is 0.209. The molecule has 0 aliphatic carbocycles. The molecule has 0 radical (unpaired) electrons. The Hall–Kier alpha value is -1.87. The van der Waals surface area contributed by atoms with Gasteiger partial charge < -0.3 is 4.74 Å².